The third kappa shape index (κ3) is 6.57. The SMILES string of the molecule is Cc1ccc(OCCOCCNC(C)CO)c(C)c1. The van der Waals surface area contributed by atoms with Gasteiger partial charge in [0.05, 0.1) is 19.8 Å². The number of nitrogens with one attached hydrogen (secondary N) is 1. The molecule has 2 N–H and O–H groups in total. The fraction of sp³-hybridized carbons (Fsp3) is 0.600. The number of hydrogen-bond donors (Lipinski definition) is 2. The molecule has 1 unspecified atom stereocenters. The number of aryl methyl sites for hydroxylation is 2. The van der Waals surface area contributed by atoms with E-state index in [0.717, 1.165) is 17.9 Å². The van der Waals surface area contributed by atoms with E-state index in [9.17, 15) is 0 Å². The molecule has 0 aliphatic rings. The summed E-state index contributed by atoms with van der Waals surface area (Å²) in [5, 5.41) is 12.0. The van der Waals surface area contributed by atoms with Gasteiger partial charge in [0, 0.05) is 12.6 Å². The highest BCUT2D eigenvalue weighted by atomic mass is 16.5. The predicted octanol–water partition coefficient (Wildman–Crippen LogP) is 1.67. The maximum absolute atomic E-state index is 8.82. The highest BCUT2D eigenvalue weighted by Gasteiger charge is 2.00. The van der Waals surface area contributed by atoms with Gasteiger partial charge in [0.25, 0.3) is 0 Å². The van der Waals surface area contributed by atoms with Crippen LogP contribution in [0.2, 0.25) is 0 Å². The third-order valence-electron chi connectivity index (χ3n) is 2.83. The van der Waals surface area contributed by atoms with Gasteiger partial charge in [0.2, 0.25) is 0 Å². The zero-order valence-corrected chi connectivity index (χ0v) is 12.1. The molecule has 1 rings (SSSR count). The summed E-state index contributed by atoms with van der Waals surface area (Å²) in [6, 6.07) is 6.27. The molecule has 4 nitrogen and oxygen atoms in total. The van der Waals surface area contributed by atoms with Gasteiger partial charge in [0.15, 0.2) is 0 Å². The fourth-order valence-corrected chi connectivity index (χ4v) is 1.72. The second-order valence-electron chi connectivity index (χ2n) is 4.77. The molecule has 0 bridgehead atoms. The molecule has 0 saturated carbocycles. The Morgan fingerprint density at radius 3 is 2.68 bits per heavy atom. The summed E-state index contributed by atoms with van der Waals surface area (Å²) >= 11 is 0. The number of aliphatic hydroxyl groups excluding tert-OH is 1. The quantitative estimate of drug-likeness (QED) is 0.668. The molecule has 0 aliphatic heterocycles. The number of hydrogen-bond acceptors (Lipinski definition) is 4. The molecule has 19 heavy (non-hydrogen) atoms. The lowest BCUT2D eigenvalue weighted by atomic mass is 10.1. The predicted molar refractivity (Wildman–Crippen MR) is 76.8 cm³/mol. The Morgan fingerprint density at radius 2 is 2.00 bits per heavy atom. The molecular weight excluding hydrogens is 242 g/mol. The second-order valence-corrected chi connectivity index (χ2v) is 4.77. The molecular formula is C15H25NO3. The molecule has 0 heterocycles. The molecule has 4 heteroatoms. The average Bonchev–Trinajstić information content (AvgIpc) is 2.39. The van der Waals surface area contributed by atoms with E-state index in [1.165, 1.54) is 5.56 Å². The van der Waals surface area contributed by atoms with Crippen LogP contribution in [0, 0.1) is 13.8 Å². The van der Waals surface area contributed by atoms with Crippen LogP contribution in [0.25, 0.3) is 0 Å². The normalized spacial score (nSPS) is 12.4. The number of rotatable bonds is 9. The van der Waals surface area contributed by atoms with E-state index < -0.39 is 0 Å². The van der Waals surface area contributed by atoms with Crippen molar-refractivity contribution >= 4 is 0 Å². The van der Waals surface area contributed by atoms with Gasteiger partial charge in [-0.2, -0.15) is 0 Å². The Labute approximate surface area is 115 Å². The Morgan fingerprint density at radius 1 is 1.21 bits per heavy atom. The largest absolute Gasteiger partial charge is 0.491 e. The van der Waals surface area contributed by atoms with Gasteiger partial charge >= 0.3 is 0 Å². The van der Waals surface area contributed by atoms with Gasteiger partial charge in [-0.05, 0) is 32.4 Å². The molecule has 0 saturated heterocycles. The molecule has 1 aromatic rings. The van der Waals surface area contributed by atoms with Crippen LogP contribution in [0.15, 0.2) is 18.2 Å². The summed E-state index contributed by atoms with van der Waals surface area (Å²) in [5.41, 5.74) is 2.39. The first-order valence-corrected chi connectivity index (χ1v) is 6.75. The molecule has 0 aliphatic carbocycles. The van der Waals surface area contributed by atoms with Crippen molar-refractivity contribution in [1.29, 1.82) is 0 Å². The van der Waals surface area contributed by atoms with Crippen molar-refractivity contribution in [2.75, 3.05) is 33.0 Å². The van der Waals surface area contributed by atoms with Crippen molar-refractivity contribution in [3.63, 3.8) is 0 Å². The summed E-state index contributed by atoms with van der Waals surface area (Å²) < 4.78 is 11.1. The first-order valence-electron chi connectivity index (χ1n) is 6.75. The highest BCUT2D eigenvalue weighted by molar-refractivity contribution is 5.35. The van der Waals surface area contributed by atoms with Crippen molar-refractivity contribution in [3.05, 3.63) is 29.3 Å². The standard InChI is InChI=1S/C15H25NO3/c1-12-4-5-15(13(2)10-12)19-9-8-18-7-6-16-14(3)11-17/h4-5,10,14,16-17H,6-9,11H2,1-3H3. The zero-order valence-electron chi connectivity index (χ0n) is 12.1. The lowest BCUT2D eigenvalue weighted by molar-refractivity contribution is 0.0986. The van der Waals surface area contributed by atoms with Crippen LogP contribution in [-0.4, -0.2) is 44.1 Å². The molecule has 108 valence electrons. The monoisotopic (exact) mass is 267 g/mol. The lowest BCUT2D eigenvalue weighted by Gasteiger charge is -2.12. The van der Waals surface area contributed by atoms with Crippen molar-refractivity contribution in [3.8, 4) is 5.75 Å². The minimum Gasteiger partial charge on any atom is -0.491 e. The van der Waals surface area contributed by atoms with Crippen molar-refractivity contribution in [1.82, 2.24) is 5.32 Å². The number of benzene rings is 1. The van der Waals surface area contributed by atoms with Crippen LogP contribution in [0.4, 0.5) is 0 Å². The number of aliphatic hydroxyl groups is 1. The van der Waals surface area contributed by atoms with E-state index in [0.29, 0.717) is 19.8 Å². The van der Waals surface area contributed by atoms with Crippen molar-refractivity contribution in [2.45, 2.75) is 26.8 Å². The third-order valence-corrected chi connectivity index (χ3v) is 2.83. The zero-order chi connectivity index (χ0) is 14.1. The first kappa shape index (κ1) is 16.0. The van der Waals surface area contributed by atoms with E-state index in [1.807, 2.05) is 26.0 Å². The maximum atomic E-state index is 8.82. The minimum atomic E-state index is 0.120. The summed E-state index contributed by atoms with van der Waals surface area (Å²) in [6.45, 7) is 8.69. The molecule has 0 radical (unpaired) electrons. The molecule has 0 amide bonds. The van der Waals surface area contributed by atoms with Gasteiger partial charge in [-0.25, -0.2) is 0 Å². The second kappa shape index (κ2) is 8.91. The summed E-state index contributed by atoms with van der Waals surface area (Å²) in [5.74, 6) is 0.918. The van der Waals surface area contributed by atoms with Crippen LogP contribution < -0.4 is 10.1 Å². The maximum Gasteiger partial charge on any atom is 0.122 e. The summed E-state index contributed by atoms with van der Waals surface area (Å²) in [7, 11) is 0. The van der Waals surface area contributed by atoms with Gasteiger partial charge in [-0.1, -0.05) is 17.7 Å². The molecule has 0 aromatic heterocycles. The molecule has 1 atom stereocenters. The first-order chi connectivity index (χ1) is 9.13. The van der Waals surface area contributed by atoms with Crippen LogP contribution >= 0.6 is 0 Å². The fourth-order valence-electron chi connectivity index (χ4n) is 1.72. The van der Waals surface area contributed by atoms with Crippen molar-refractivity contribution in [2.24, 2.45) is 0 Å². The minimum absolute atomic E-state index is 0.120. The van der Waals surface area contributed by atoms with Gasteiger partial charge in [-0.3, -0.25) is 0 Å². The van der Waals surface area contributed by atoms with E-state index in [-0.39, 0.29) is 12.6 Å². The van der Waals surface area contributed by atoms with E-state index in [2.05, 4.69) is 18.3 Å². The van der Waals surface area contributed by atoms with Crippen LogP contribution in [0.3, 0.4) is 0 Å². The van der Waals surface area contributed by atoms with Crippen LogP contribution in [0.1, 0.15) is 18.1 Å². The lowest BCUT2D eigenvalue weighted by Crippen LogP contribution is -2.32. The average molecular weight is 267 g/mol. The number of ether oxygens (including phenoxy) is 2. The Balaban J connectivity index is 2.07. The van der Waals surface area contributed by atoms with E-state index in [4.69, 9.17) is 14.6 Å². The topological polar surface area (TPSA) is 50.7 Å². The van der Waals surface area contributed by atoms with E-state index >= 15 is 0 Å². The van der Waals surface area contributed by atoms with Gasteiger partial charge in [-0.15, -0.1) is 0 Å². The van der Waals surface area contributed by atoms with Gasteiger partial charge < -0.3 is 19.9 Å². The highest BCUT2D eigenvalue weighted by Crippen LogP contribution is 2.18. The van der Waals surface area contributed by atoms with Crippen LogP contribution in [-0.2, 0) is 4.74 Å². The Hall–Kier alpha value is -1.10. The molecule has 0 spiro atoms. The Kier molecular flexibility index (Phi) is 7.48. The molecule has 1 aromatic carbocycles. The van der Waals surface area contributed by atoms with Crippen LogP contribution in [0.5, 0.6) is 5.75 Å². The van der Waals surface area contributed by atoms with Gasteiger partial charge in [0.1, 0.15) is 12.4 Å². The summed E-state index contributed by atoms with van der Waals surface area (Å²) in [6.07, 6.45) is 0. The Bertz CT molecular complexity index is 368. The van der Waals surface area contributed by atoms with E-state index in [1.54, 1.807) is 0 Å². The smallest absolute Gasteiger partial charge is 0.122 e. The molecule has 0 fully saturated rings. The van der Waals surface area contributed by atoms with Crippen molar-refractivity contribution < 1.29 is 14.6 Å². The summed E-state index contributed by atoms with van der Waals surface area (Å²) in [4.78, 5) is 0.